The lowest BCUT2D eigenvalue weighted by molar-refractivity contribution is -0.138. The van der Waals surface area contributed by atoms with Crippen LogP contribution in [-0.4, -0.2) is 35.5 Å². The molecule has 1 aliphatic heterocycles. The van der Waals surface area contributed by atoms with Crippen LogP contribution >= 0.6 is 0 Å². The van der Waals surface area contributed by atoms with E-state index in [0.717, 1.165) is 11.1 Å². The Morgan fingerprint density at radius 3 is 2.68 bits per heavy atom. The van der Waals surface area contributed by atoms with E-state index in [4.69, 9.17) is 9.15 Å². The van der Waals surface area contributed by atoms with Crippen molar-refractivity contribution in [2.75, 3.05) is 19.7 Å². The van der Waals surface area contributed by atoms with Crippen molar-refractivity contribution in [3.63, 3.8) is 0 Å². The first-order chi connectivity index (χ1) is 13.6. The van der Waals surface area contributed by atoms with Crippen molar-refractivity contribution in [1.29, 1.82) is 0 Å². The second kappa shape index (κ2) is 7.94. The third-order valence-electron chi connectivity index (χ3n) is 4.89. The maximum absolute atomic E-state index is 13.1. The van der Waals surface area contributed by atoms with Crippen LogP contribution in [0.2, 0.25) is 0 Å². The number of benzene rings is 2. The number of ether oxygens (including phenoxy) is 1. The topological polar surface area (TPSA) is 55.6 Å². The van der Waals surface area contributed by atoms with Crippen LogP contribution in [0, 0.1) is 12.7 Å². The van der Waals surface area contributed by atoms with Gasteiger partial charge in [0.2, 0.25) is 11.8 Å². The summed E-state index contributed by atoms with van der Waals surface area (Å²) < 4.78 is 24.7. The molecule has 2 aromatic carbocycles. The molecule has 1 unspecified atom stereocenters. The van der Waals surface area contributed by atoms with Gasteiger partial charge < -0.3 is 14.1 Å². The van der Waals surface area contributed by atoms with Gasteiger partial charge in [0, 0.05) is 12.1 Å². The van der Waals surface area contributed by atoms with Crippen molar-refractivity contribution in [2.45, 2.75) is 19.4 Å². The quantitative estimate of drug-likeness (QED) is 0.688. The van der Waals surface area contributed by atoms with Crippen molar-refractivity contribution in [2.24, 2.45) is 0 Å². The third-order valence-corrected chi connectivity index (χ3v) is 4.89. The zero-order valence-corrected chi connectivity index (χ0v) is 15.6. The lowest BCUT2D eigenvalue weighted by Gasteiger charge is -2.33. The van der Waals surface area contributed by atoms with E-state index in [1.807, 2.05) is 37.3 Å². The number of morpholine rings is 1. The van der Waals surface area contributed by atoms with Crippen LogP contribution in [0.25, 0.3) is 11.5 Å². The number of halogens is 1. The SMILES string of the molecule is Cc1oc(-c2ccccc2)nc1CC(=O)N1CCOC(c2ccc(F)cc2)C1. The fourth-order valence-electron chi connectivity index (χ4n) is 3.31. The number of aryl methyl sites for hydroxylation is 1. The summed E-state index contributed by atoms with van der Waals surface area (Å²) in [6.07, 6.45) is -0.0743. The van der Waals surface area contributed by atoms with Crippen LogP contribution in [0.3, 0.4) is 0 Å². The summed E-state index contributed by atoms with van der Waals surface area (Å²) in [6, 6.07) is 15.8. The first kappa shape index (κ1) is 18.4. The summed E-state index contributed by atoms with van der Waals surface area (Å²) in [4.78, 5) is 19.1. The van der Waals surface area contributed by atoms with Crippen LogP contribution in [0.1, 0.15) is 23.1 Å². The van der Waals surface area contributed by atoms with E-state index < -0.39 is 0 Å². The van der Waals surface area contributed by atoms with Gasteiger partial charge in [0.15, 0.2) is 0 Å². The van der Waals surface area contributed by atoms with Crippen LogP contribution in [0.5, 0.6) is 0 Å². The van der Waals surface area contributed by atoms with Gasteiger partial charge >= 0.3 is 0 Å². The molecule has 6 heteroatoms. The first-order valence-electron chi connectivity index (χ1n) is 9.27. The van der Waals surface area contributed by atoms with E-state index >= 15 is 0 Å². The van der Waals surface area contributed by atoms with Gasteiger partial charge in [-0.2, -0.15) is 0 Å². The second-order valence-electron chi connectivity index (χ2n) is 6.82. The molecule has 1 saturated heterocycles. The average molecular weight is 380 g/mol. The third kappa shape index (κ3) is 3.97. The summed E-state index contributed by atoms with van der Waals surface area (Å²) in [5.41, 5.74) is 2.39. The molecule has 1 aliphatic rings. The first-order valence-corrected chi connectivity index (χ1v) is 9.27. The maximum atomic E-state index is 13.1. The Morgan fingerprint density at radius 2 is 1.93 bits per heavy atom. The van der Waals surface area contributed by atoms with Gasteiger partial charge in [-0.05, 0) is 36.8 Å². The monoisotopic (exact) mass is 380 g/mol. The van der Waals surface area contributed by atoms with E-state index in [1.165, 1.54) is 12.1 Å². The molecular formula is C22H21FN2O3. The van der Waals surface area contributed by atoms with Gasteiger partial charge in [-0.1, -0.05) is 30.3 Å². The van der Waals surface area contributed by atoms with Crippen molar-refractivity contribution in [3.05, 3.63) is 77.4 Å². The Morgan fingerprint density at radius 1 is 1.18 bits per heavy atom. The normalized spacial score (nSPS) is 16.9. The molecule has 2 heterocycles. The van der Waals surface area contributed by atoms with Gasteiger partial charge in [-0.25, -0.2) is 9.37 Å². The van der Waals surface area contributed by atoms with Gasteiger partial charge in [-0.15, -0.1) is 0 Å². The molecule has 4 rings (SSSR count). The number of carbonyl (C=O) groups is 1. The van der Waals surface area contributed by atoms with Crippen molar-refractivity contribution in [3.8, 4) is 11.5 Å². The summed E-state index contributed by atoms with van der Waals surface area (Å²) >= 11 is 0. The molecule has 1 atom stereocenters. The highest BCUT2D eigenvalue weighted by molar-refractivity contribution is 5.79. The summed E-state index contributed by atoms with van der Waals surface area (Å²) in [5.74, 6) is 0.859. The average Bonchev–Trinajstić information content (AvgIpc) is 3.09. The summed E-state index contributed by atoms with van der Waals surface area (Å²) in [7, 11) is 0. The molecule has 0 aliphatic carbocycles. The molecule has 0 N–H and O–H groups in total. The van der Waals surface area contributed by atoms with Crippen LogP contribution in [0.4, 0.5) is 4.39 Å². The van der Waals surface area contributed by atoms with Crippen LogP contribution < -0.4 is 0 Å². The second-order valence-corrected chi connectivity index (χ2v) is 6.82. The van der Waals surface area contributed by atoms with Gasteiger partial charge in [0.05, 0.1) is 25.3 Å². The molecule has 144 valence electrons. The lowest BCUT2D eigenvalue weighted by atomic mass is 10.1. The smallest absolute Gasteiger partial charge is 0.228 e. The van der Waals surface area contributed by atoms with E-state index in [0.29, 0.717) is 37.0 Å². The Balaban J connectivity index is 1.45. The van der Waals surface area contributed by atoms with Crippen molar-refractivity contribution < 1.29 is 18.3 Å². The minimum Gasteiger partial charge on any atom is -0.441 e. The highest BCUT2D eigenvalue weighted by Crippen LogP contribution is 2.25. The molecule has 1 aromatic heterocycles. The fourth-order valence-corrected chi connectivity index (χ4v) is 3.31. The zero-order chi connectivity index (χ0) is 19.5. The molecule has 1 amide bonds. The molecule has 3 aromatic rings. The Kier molecular flexibility index (Phi) is 5.21. The minimum atomic E-state index is -0.289. The van der Waals surface area contributed by atoms with Crippen molar-refractivity contribution in [1.82, 2.24) is 9.88 Å². The predicted octanol–water partition coefficient (Wildman–Crippen LogP) is 3.93. The van der Waals surface area contributed by atoms with Gasteiger partial charge in [0.25, 0.3) is 0 Å². The highest BCUT2D eigenvalue weighted by Gasteiger charge is 2.26. The molecule has 0 radical (unpaired) electrons. The highest BCUT2D eigenvalue weighted by atomic mass is 19.1. The van der Waals surface area contributed by atoms with Crippen molar-refractivity contribution >= 4 is 5.91 Å². The summed E-state index contributed by atoms with van der Waals surface area (Å²) in [5, 5.41) is 0. The molecule has 28 heavy (non-hydrogen) atoms. The molecule has 0 saturated carbocycles. The van der Waals surface area contributed by atoms with E-state index in [-0.39, 0.29) is 24.2 Å². The molecule has 0 bridgehead atoms. The number of amides is 1. The molecule has 1 fully saturated rings. The van der Waals surface area contributed by atoms with Gasteiger partial charge in [-0.3, -0.25) is 4.79 Å². The predicted molar refractivity (Wildman–Crippen MR) is 102 cm³/mol. The fraction of sp³-hybridized carbons (Fsp3) is 0.273. The van der Waals surface area contributed by atoms with Crippen LogP contribution in [-0.2, 0) is 16.0 Å². The minimum absolute atomic E-state index is 0.0218. The maximum Gasteiger partial charge on any atom is 0.228 e. The number of oxazole rings is 1. The Bertz CT molecular complexity index is 954. The van der Waals surface area contributed by atoms with E-state index in [9.17, 15) is 9.18 Å². The molecule has 5 nitrogen and oxygen atoms in total. The van der Waals surface area contributed by atoms with E-state index in [1.54, 1.807) is 17.0 Å². The number of hydrogen-bond donors (Lipinski definition) is 0. The Hall–Kier alpha value is -2.99. The molecule has 0 spiro atoms. The van der Waals surface area contributed by atoms with E-state index in [2.05, 4.69) is 4.98 Å². The number of aromatic nitrogens is 1. The Labute approximate surface area is 162 Å². The van der Waals surface area contributed by atoms with Gasteiger partial charge in [0.1, 0.15) is 17.7 Å². The molecular weight excluding hydrogens is 359 g/mol. The zero-order valence-electron chi connectivity index (χ0n) is 15.6. The van der Waals surface area contributed by atoms with Crippen LogP contribution in [0.15, 0.2) is 59.0 Å². The number of carbonyl (C=O) groups excluding carboxylic acids is 1. The standard InChI is InChI=1S/C22H21FN2O3/c1-15-19(24-22(28-15)17-5-3-2-4-6-17)13-21(26)25-11-12-27-20(14-25)16-7-9-18(23)10-8-16/h2-10,20H,11-14H2,1H3. The lowest BCUT2D eigenvalue weighted by Crippen LogP contribution is -2.43. The number of rotatable bonds is 4. The number of nitrogens with zero attached hydrogens (tertiary/aromatic N) is 2. The summed E-state index contributed by atoms with van der Waals surface area (Å²) in [6.45, 7) is 3.23. The number of hydrogen-bond acceptors (Lipinski definition) is 4. The largest absolute Gasteiger partial charge is 0.441 e.